The molecule has 4 aromatic rings. The van der Waals surface area contributed by atoms with Crippen molar-refractivity contribution in [3.05, 3.63) is 77.9 Å². The number of carboxylic acids is 1. The highest BCUT2D eigenvalue weighted by molar-refractivity contribution is 7.98. The molecule has 2 aromatic carbocycles. The quantitative estimate of drug-likeness (QED) is 0.367. The van der Waals surface area contributed by atoms with Gasteiger partial charge in [-0.2, -0.15) is 13.2 Å². The first-order chi connectivity index (χ1) is 14.8. The van der Waals surface area contributed by atoms with Gasteiger partial charge in [-0.15, -0.1) is 11.8 Å². The molecule has 6 nitrogen and oxygen atoms in total. The van der Waals surface area contributed by atoms with Crippen molar-refractivity contribution in [2.24, 2.45) is 0 Å². The lowest BCUT2D eigenvalue weighted by Gasteiger charge is -2.06. The summed E-state index contributed by atoms with van der Waals surface area (Å²) in [7, 11) is 0. The first-order valence-electron chi connectivity index (χ1n) is 8.94. The molecular formula is C21H14F3N3O3S. The van der Waals surface area contributed by atoms with E-state index in [1.165, 1.54) is 30.0 Å². The molecule has 0 amide bonds. The second kappa shape index (κ2) is 8.31. The van der Waals surface area contributed by atoms with E-state index < -0.39 is 17.8 Å². The van der Waals surface area contributed by atoms with Crippen LogP contribution in [-0.4, -0.2) is 26.0 Å². The molecule has 4 rings (SSSR count). The van der Waals surface area contributed by atoms with Crippen molar-refractivity contribution in [3.8, 4) is 11.5 Å². The summed E-state index contributed by atoms with van der Waals surface area (Å²) in [5, 5.41) is 8.95. The third-order valence-electron chi connectivity index (χ3n) is 4.24. The zero-order valence-electron chi connectivity index (χ0n) is 15.7. The summed E-state index contributed by atoms with van der Waals surface area (Å²) >= 11 is 1.22. The van der Waals surface area contributed by atoms with Crippen LogP contribution in [0.4, 0.5) is 13.2 Å². The normalized spacial score (nSPS) is 11.6. The Morgan fingerprint density at radius 3 is 2.52 bits per heavy atom. The number of rotatable bonds is 6. The topological polar surface area (TPSA) is 88.1 Å². The Kier molecular flexibility index (Phi) is 5.55. The minimum absolute atomic E-state index is 0.162. The number of aromatic carboxylic acids is 1. The first-order valence-corrected chi connectivity index (χ1v) is 9.92. The molecule has 0 bridgehead atoms. The van der Waals surface area contributed by atoms with E-state index in [0.717, 1.165) is 12.3 Å². The lowest BCUT2D eigenvalue weighted by molar-refractivity contribution is -0.141. The van der Waals surface area contributed by atoms with Gasteiger partial charge in [0.2, 0.25) is 0 Å². The molecule has 0 atom stereocenters. The van der Waals surface area contributed by atoms with E-state index in [2.05, 4.69) is 15.0 Å². The number of H-pyrrole nitrogens is 1. The van der Waals surface area contributed by atoms with Gasteiger partial charge in [0.05, 0.1) is 22.3 Å². The number of carbonyl (C=O) groups is 1. The Morgan fingerprint density at radius 1 is 1.06 bits per heavy atom. The van der Waals surface area contributed by atoms with Gasteiger partial charge in [-0.3, -0.25) is 4.98 Å². The maximum atomic E-state index is 12.8. The van der Waals surface area contributed by atoms with Crippen LogP contribution in [0.25, 0.3) is 11.0 Å². The average Bonchev–Trinajstić information content (AvgIpc) is 3.14. The predicted octanol–water partition coefficient (Wildman–Crippen LogP) is 5.76. The number of aromatic amines is 1. The average molecular weight is 445 g/mol. The highest BCUT2D eigenvalue weighted by Crippen LogP contribution is 2.31. The number of alkyl halides is 3. The molecule has 0 fully saturated rings. The zero-order chi connectivity index (χ0) is 22.0. The number of fused-ring (bicyclic) bond motifs is 1. The van der Waals surface area contributed by atoms with Crippen LogP contribution in [0.1, 0.15) is 21.9 Å². The Labute approximate surface area is 178 Å². The number of pyridine rings is 1. The third-order valence-corrected chi connectivity index (χ3v) is 5.24. The van der Waals surface area contributed by atoms with Gasteiger partial charge in [0.1, 0.15) is 23.0 Å². The maximum Gasteiger partial charge on any atom is 0.433 e. The van der Waals surface area contributed by atoms with Crippen LogP contribution in [0, 0.1) is 0 Å². The van der Waals surface area contributed by atoms with Crippen molar-refractivity contribution in [1.82, 2.24) is 15.0 Å². The smallest absolute Gasteiger partial charge is 0.433 e. The van der Waals surface area contributed by atoms with Gasteiger partial charge in [-0.25, -0.2) is 9.78 Å². The van der Waals surface area contributed by atoms with Crippen molar-refractivity contribution >= 4 is 28.8 Å². The largest absolute Gasteiger partial charge is 0.478 e. The van der Waals surface area contributed by atoms with Crippen molar-refractivity contribution in [1.29, 1.82) is 0 Å². The van der Waals surface area contributed by atoms with Crippen molar-refractivity contribution in [2.75, 3.05) is 0 Å². The highest BCUT2D eigenvalue weighted by Gasteiger charge is 2.32. The molecule has 158 valence electrons. The number of aromatic nitrogens is 3. The van der Waals surface area contributed by atoms with E-state index in [0.29, 0.717) is 39.0 Å². The first kappa shape index (κ1) is 20.7. The van der Waals surface area contributed by atoms with Gasteiger partial charge in [-0.1, -0.05) is 0 Å². The van der Waals surface area contributed by atoms with Crippen LogP contribution < -0.4 is 4.74 Å². The van der Waals surface area contributed by atoms with Crippen molar-refractivity contribution in [2.45, 2.75) is 16.8 Å². The van der Waals surface area contributed by atoms with Crippen LogP contribution in [0.15, 0.2) is 65.7 Å². The molecule has 0 spiro atoms. The summed E-state index contributed by atoms with van der Waals surface area (Å²) in [6, 6.07) is 13.8. The molecule has 0 aliphatic heterocycles. The second-order valence-corrected chi connectivity index (χ2v) is 7.51. The highest BCUT2D eigenvalue weighted by atomic mass is 32.2. The second-order valence-electron chi connectivity index (χ2n) is 6.46. The number of benzene rings is 2. The number of nitrogens with one attached hydrogen (secondary N) is 1. The van der Waals surface area contributed by atoms with E-state index in [1.807, 2.05) is 0 Å². The number of imidazole rings is 1. The molecule has 0 aliphatic carbocycles. The standard InChI is InChI=1S/C21H14F3N3O3S/c22-21(23,24)18-10-15(7-8-25-18)31-11-19-26-16-6-5-14(9-17(16)27-19)30-13-3-1-12(2-4-13)20(28)29/h1-10H,11H2,(H,26,27)(H,28,29). The Balaban J connectivity index is 1.46. The van der Waals surface area contributed by atoms with Crippen LogP contribution in [-0.2, 0) is 11.9 Å². The molecule has 2 N–H and O–H groups in total. The SMILES string of the molecule is O=C(O)c1ccc(Oc2ccc3nc(CSc4ccnc(C(F)(F)F)c4)[nH]c3c2)cc1. The summed E-state index contributed by atoms with van der Waals surface area (Å²) in [4.78, 5) is 22.3. The molecule has 0 saturated carbocycles. The van der Waals surface area contributed by atoms with Gasteiger partial charge < -0.3 is 14.8 Å². The summed E-state index contributed by atoms with van der Waals surface area (Å²) < 4.78 is 44.1. The van der Waals surface area contributed by atoms with E-state index in [1.54, 1.807) is 30.3 Å². The summed E-state index contributed by atoms with van der Waals surface area (Å²) in [5.41, 5.74) is 0.631. The minimum atomic E-state index is -4.49. The van der Waals surface area contributed by atoms with Crippen LogP contribution in [0.5, 0.6) is 11.5 Å². The van der Waals surface area contributed by atoms with Gasteiger partial charge in [-0.05, 0) is 48.5 Å². The number of nitrogens with zero attached hydrogens (tertiary/aromatic N) is 2. The van der Waals surface area contributed by atoms with Gasteiger partial charge in [0, 0.05) is 17.2 Å². The van der Waals surface area contributed by atoms with Gasteiger partial charge in [0.15, 0.2) is 0 Å². The number of hydrogen-bond donors (Lipinski definition) is 2. The van der Waals surface area contributed by atoms with Crippen molar-refractivity contribution < 1.29 is 27.8 Å². The fourth-order valence-electron chi connectivity index (χ4n) is 2.78. The Morgan fingerprint density at radius 2 is 1.81 bits per heavy atom. The van der Waals surface area contributed by atoms with Crippen LogP contribution in [0.3, 0.4) is 0 Å². The van der Waals surface area contributed by atoms with E-state index in [4.69, 9.17) is 9.84 Å². The molecule has 0 aliphatic rings. The summed E-state index contributed by atoms with van der Waals surface area (Å²) in [5.74, 6) is 0.953. The summed E-state index contributed by atoms with van der Waals surface area (Å²) in [6.45, 7) is 0. The molecule has 10 heteroatoms. The molecule has 0 radical (unpaired) electrons. The Hall–Kier alpha value is -3.53. The van der Waals surface area contributed by atoms with Crippen LogP contribution in [0.2, 0.25) is 0 Å². The lowest BCUT2D eigenvalue weighted by Crippen LogP contribution is -2.07. The molecule has 2 aromatic heterocycles. The fourth-order valence-corrected chi connectivity index (χ4v) is 3.57. The van der Waals surface area contributed by atoms with Crippen LogP contribution >= 0.6 is 11.8 Å². The molecule has 31 heavy (non-hydrogen) atoms. The third kappa shape index (κ3) is 4.97. The lowest BCUT2D eigenvalue weighted by atomic mass is 10.2. The maximum absolute atomic E-state index is 12.8. The summed E-state index contributed by atoms with van der Waals surface area (Å²) in [6.07, 6.45) is -3.35. The minimum Gasteiger partial charge on any atom is -0.478 e. The number of carboxylic acid groups (broad SMARTS) is 1. The van der Waals surface area contributed by atoms with Crippen molar-refractivity contribution in [3.63, 3.8) is 0 Å². The molecule has 2 heterocycles. The number of ether oxygens (including phenoxy) is 1. The van der Waals surface area contributed by atoms with E-state index >= 15 is 0 Å². The van der Waals surface area contributed by atoms with E-state index in [9.17, 15) is 18.0 Å². The van der Waals surface area contributed by atoms with Gasteiger partial charge in [0.25, 0.3) is 0 Å². The van der Waals surface area contributed by atoms with Gasteiger partial charge >= 0.3 is 12.1 Å². The number of thioether (sulfide) groups is 1. The molecular weight excluding hydrogens is 431 g/mol. The fraction of sp³-hybridized carbons (Fsp3) is 0.0952. The zero-order valence-corrected chi connectivity index (χ0v) is 16.5. The Bertz CT molecular complexity index is 1240. The molecule has 0 saturated heterocycles. The number of hydrogen-bond acceptors (Lipinski definition) is 5. The van der Waals surface area contributed by atoms with E-state index in [-0.39, 0.29) is 5.56 Å². The molecule has 0 unspecified atom stereocenters. The monoisotopic (exact) mass is 445 g/mol. The predicted molar refractivity (Wildman–Crippen MR) is 108 cm³/mol. The number of halogens is 3.